The normalized spacial score (nSPS) is 28.8. The molecule has 0 aromatic carbocycles. The van der Waals surface area contributed by atoms with Crippen LogP contribution >= 0.6 is 0 Å². The van der Waals surface area contributed by atoms with Gasteiger partial charge in [-0.15, -0.1) is 0 Å². The van der Waals surface area contributed by atoms with Crippen molar-refractivity contribution in [3.05, 3.63) is 35.5 Å². The number of allylic oxidation sites excluding steroid dienone is 3. The smallest absolute Gasteiger partial charge is 0.253 e. The molecule has 3 fully saturated rings. The summed E-state index contributed by atoms with van der Waals surface area (Å²) in [6.45, 7) is 14.8. The average Bonchev–Trinajstić information content (AvgIpc) is 3.62. The zero-order chi connectivity index (χ0) is 38.6. The third-order valence-corrected chi connectivity index (χ3v) is 12.5. The fraction of sp³-hybridized carbons (Fsp3) is 0.767. The molecule has 0 aromatic heterocycles. The quantitative estimate of drug-likeness (QED) is 0.0950. The van der Waals surface area contributed by atoms with Crippen molar-refractivity contribution in [2.75, 3.05) is 32.8 Å². The molecule has 10 nitrogen and oxygen atoms in total. The van der Waals surface area contributed by atoms with Crippen molar-refractivity contribution in [2.24, 2.45) is 29.1 Å². The van der Waals surface area contributed by atoms with Gasteiger partial charge < -0.3 is 25.2 Å². The number of nitrogens with zero attached hydrogens (tertiary/aromatic N) is 1. The van der Waals surface area contributed by atoms with Crippen LogP contribution in [-0.2, 0) is 28.7 Å². The molecule has 4 aliphatic rings. The van der Waals surface area contributed by atoms with Gasteiger partial charge in [0, 0.05) is 44.8 Å². The van der Waals surface area contributed by atoms with E-state index >= 15 is 0 Å². The first-order valence-electron chi connectivity index (χ1n) is 20.6. The SMILES string of the molecule is CC(CC(=O)NCCCO[C@H]1CCC(C)/C(=C\C=C2/CCC[C@]3(C)[C@@H]([C@H](C)CCCC(C)(C)O)CC[C@@H]23)C1)OCCNC(=O)CCN1C(=O)C=CC1=O. The molecule has 7 atom stereocenters. The number of imide groups is 1. The molecular weight excluding hydrogens is 670 g/mol. The molecule has 1 heterocycles. The van der Waals surface area contributed by atoms with Crippen molar-refractivity contribution in [1.29, 1.82) is 0 Å². The third-order valence-electron chi connectivity index (χ3n) is 12.5. The van der Waals surface area contributed by atoms with E-state index in [1.54, 1.807) is 5.57 Å². The zero-order valence-electron chi connectivity index (χ0n) is 33.6. The summed E-state index contributed by atoms with van der Waals surface area (Å²) >= 11 is 0. The number of nitrogens with one attached hydrogen (secondary N) is 2. The number of ether oxygens (including phenoxy) is 2. The Morgan fingerprint density at radius 2 is 1.72 bits per heavy atom. The summed E-state index contributed by atoms with van der Waals surface area (Å²) in [6, 6.07) is 0. The van der Waals surface area contributed by atoms with Crippen LogP contribution in [0.4, 0.5) is 0 Å². The van der Waals surface area contributed by atoms with E-state index in [1.807, 2.05) is 20.8 Å². The van der Waals surface area contributed by atoms with Gasteiger partial charge in [-0.1, -0.05) is 56.9 Å². The monoisotopic (exact) mass is 740 g/mol. The van der Waals surface area contributed by atoms with Crippen LogP contribution in [0.5, 0.6) is 0 Å². The number of amides is 4. The second-order valence-corrected chi connectivity index (χ2v) is 17.3. The second kappa shape index (κ2) is 20.2. The van der Waals surface area contributed by atoms with Crippen molar-refractivity contribution in [3.8, 4) is 0 Å². The van der Waals surface area contributed by atoms with E-state index in [1.165, 1.54) is 56.3 Å². The maximum Gasteiger partial charge on any atom is 0.253 e. The highest BCUT2D eigenvalue weighted by molar-refractivity contribution is 6.13. The molecule has 0 radical (unpaired) electrons. The minimum absolute atomic E-state index is 0.0320. The Morgan fingerprint density at radius 1 is 1.00 bits per heavy atom. The van der Waals surface area contributed by atoms with E-state index in [2.05, 4.69) is 43.6 Å². The standard InChI is InChI=1S/C43H69N3O7/c1-30-12-15-35(29-34(30)14-13-33-11-8-22-43(6)36(16-17-37(33)43)31(2)10-7-21-42(4,5)51)53-26-9-23-44-39(48)28-32(3)52-27-24-45-38(47)20-25-46-40(49)18-19-41(46)50/h13-14,18-19,30-32,35-37,51H,7-12,15-17,20-29H2,1-6H3,(H,44,48)(H,45,47)/b33-13+,34-14-/t30?,31-,32?,35+,36-,37+,43-/m1/s1. The highest BCUT2D eigenvalue weighted by atomic mass is 16.5. The number of hydrogen-bond donors (Lipinski definition) is 3. The molecule has 3 aliphatic carbocycles. The summed E-state index contributed by atoms with van der Waals surface area (Å²) in [6.07, 6.45) is 21.1. The molecule has 1 aliphatic heterocycles. The lowest BCUT2D eigenvalue weighted by atomic mass is 9.60. The summed E-state index contributed by atoms with van der Waals surface area (Å²) in [4.78, 5) is 48.6. The number of rotatable bonds is 20. The van der Waals surface area contributed by atoms with Gasteiger partial charge in [0.2, 0.25) is 11.8 Å². The van der Waals surface area contributed by atoms with Gasteiger partial charge in [0.25, 0.3) is 11.8 Å². The molecule has 298 valence electrons. The van der Waals surface area contributed by atoms with Gasteiger partial charge in [0.15, 0.2) is 0 Å². The highest BCUT2D eigenvalue weighted by Crippen LogP contribution is 2.60. The first kappa shape index (κ1) is 42.9. The Kier molecular flexibility index (Phi) is 16.4. The largest absolute Gasteiger partial charge is 0.390 e. The van der Waals surface area contributed by atoms with Crippen molar-refractivity contribution in [2.45, 2.75) is 149 Å². The van der Waals surface area contributed by atoms with Crippen LogP contribution < -0.4 is 10.6 Å². The zero-order valence-corrected chi connectivity index (χ0v) is 33.6. The molecule has 3 saturated carbocycles. The van der Waals surface area contributed by atoms with Gasteiger partial charge in [0.1, 0.15) is 0 Å². The molecule has 4 amide bonds. The first-order chi connectivity index (χ1) is 25.2. The lowest BCUT2D eigenvalue weighted by Gasteiger charge is -2.44. The van der Waals surface area contributed by atoms with E-state index in [0.717, 1.165) is 49.3 Å². The molecule has 0 saturated heterocycles. The summed E-state index contributed by atoms with van der Waals surface area (Å²) in [5, 5.41) is 15.9. The average molecular weight is 740 g/mol. The third kappa shape index (κ3) is 13.2. The van der Waals surface area contributed by atoms with Gasteiger partial charge >= 0.3 is 0 Å². The van der Waals surface area contributed by atoms with E-state index in [0.29, 0.717) is 36.3 Å². The van der Waals surface area contributed by atoms with Gasteiger partial charge in [-0.3, -0.25) is 24.1 Å². The predicted molar refractivity (Wildman–Crippen MR) is 208 cm³/mol. The van der Waals surface area contributed by atoms with Gasteiger partial charge in [-0.2, -0.15) is 0 Å². The lowest BCUT2D eigenvalue weighted by molar-refractivity contribution is -0.137. The number of aliphatic hydroxyl groups is 1. The van der Waals surface area contributed by atoms with Gasteiger partial charge in [0.05, 0.1) is 30.8 Å². The highest BCUT2D eigenvalue weighted by Gasteiger charge is 2.50. The topological polar surface area (TPSA) is 134 Å². The summed E-state index contributed by atoms with van der Waals surface area (Å²) in [5.41, 5.74) is 2.99. The molecule has 3 N–H and O–H groups in total. The van der Waals surface area contributed by atoms with Crippen molar-refractivity contribution in [1.82, 2.24) is 15.5 Å². The minimum atomic E-state index is -0.569. The molecule has 0 spiro atoms. The van der Waals surface area contributed by atoms with Crippen LogP contribution in [0.1, 0.15) is 131 Å². The van der Waals surface area contributed by atoms with Crippen LogP contribution in [0, 0.1) is 29.1 Å². The number of hydrogen-bond acceptors (Lipinski definition) is 7. The Hall–Kier alpha value is -2.82. The van der Waals surface area contributed by atoms with Crippen LogP contribution in [0.2, 0.25) is 0 Å². The summed E-state index contributed by atoms with van der Waals surface area (Å²) in [7, 11) is 0. The maximum atomic E-state index is 12.4. The fourth-order valence-electron chi connectivity index (χ4n) is 9.39. The lowest BCUT2D eigenvalue weighted by Crippen LogP contribution is -2.36. The Bertz CT molecular complexity index is 1330. The van der Waals surface area contributed by atoms with E-state index < -0.39 is 17.4 Å². The van der Waals surface area contributed by atoms with E-state index in [-0.39, 0.29) is 56.6 Å². The summed E-state index contributed by atoms with van der Waals surface area (Å²) in [5.74, 6) is 1.58. The van der Waals surface area contributed by atoms with Crippen LogP contribution in [0.25, 0.3) is 0 Å². The Balaban J connectivity index is 1.10. The van der Waals surface area contributed by atoms with Crippen molar-refractivity contribution < 1.29 is 33.8 Å². The molecular formula is C43H69N3O7. The first-order valence-corrected chi connectivity index (χ1v) is 20.6. The number of carbonyl (C=O) groups excluding carboxylic acids is 4. The number of carbonyl (C=O) groups is 4. The predicted octanol–water partition coefficient (Wildman–Crippen LogP) is 6.57. The van der Waals surface area contributed by atoms with E-state index in [4.69, 9.17) is 9.47 Å². The fourth-order valence-corrected chi connectivity index (χ4v) is 9.39. The summed E-state index contributed by atoms with van der Waals surface area (Å²) < 4.78 is 12.0. The van der Waals surface area contributed by atoms with Crippen molar-refractivity contribution in [3.63, 3.8) is 0 Å². The molecule has 2 unspecified atom stereocenters. The Morgan fingerprint density at radius 3 is 2.45 bits per heavy atom. The molecule has 0 aromatic rings. The molecule has 4 rings (SSSR count). The van der Waals surface area contributed by atoms with Crippen LogP contribution in [0.15, 0.2) is 35.5 Å². The van der Waals surface area contributed by atoms with E-state index in [9.17, 15) is 24.3 Å². The van der Waals surface area contributed by atoms with Gasteiger partial charge in [-0.25, -0.2) is 0 Å². The van der Waals surface area contributed by atoms with Crippen molar-refractivity contribution >= 4 is 23.6 Å². The number of fused-ring (bicyclic) bond motifs is 1. The van der Waals surface area contributed by atoms with Crippen LogP contribution in [0.3, 0.4) is 0 Å². The van der Waals surface area contributed by atoms with Crippen LogP contribution in [-0.4, -0.2) is 84.3 Å². The second-order valence-electron chi connectivity index (χ2n) is 17.3. The Labute approximate surface area is 319 Å². The molecule has 53 heavy (non-hydrogen) atoms. The molecule has 0 bridgehead atoms. The minimum Gasteiger partial charge on any atom is -0.390 e. The van der Waals surface area contributed by atoms with Gasteiger partial charge in [-0.05, 0) is 114 Å². The maximum absolute atomic E-state index is 12.4. The molecule has 10 heteroatoms.